The van der Waals surface area contributed by atoms with Gasteiger partial charge in [-0.05, 0) is 32.4 Å². The van der Waals surface area contributed by atoms with Crippen LogP contribution in [-0.4, -0.2) is 34.6 Å². The smallest absolute Gasteiger partial charge is 0.220 e. The summed E-state index contributed by atoms with van der Waals surface area (Å²) in [6.45, 7) is 3.41. The maximum Gasteiger partial charge on any atom is 0.220 e. The molecule has 0 spiro atoms. The van der Waals surface area contributed by atoms with Gasteiger partial charge in [-0.25, -0.2) is 4.98 Å². The van der Waals surface area contributed by atoms with Gasteiger partial charge in [-0.2, -0.15) is 0 Å². The summed E-state index contributed by atoms with van der Waals surface area (Å²) in [6, 6.07) is 0. The maximum absolute atomic E-state index is 8.95. The van der Waals surface area contributed by atoms with Crippen LogP contribution in [0.25, 0.3) is 0 Å². The van der Waals surface area contributed by atoms with E-state index in [9.17, 15) is 0 Å². The second-order valence-electron chi connectivity index (χ2n) is 4.69. The van der Waals surface area contributed by atoms with Crippen molar-refractivity contribution < 1.29 is 9.52 Å². The molecule has 2 saturated heterocycles. The van der Waals surface area contributed by atoms with Crippen LogP contribution in [0.4, 0.5) is 0 Å². The van der Waals surface area contributed by atoms with E-state index in [1.807, 2.05) is 0 Å². The second kappa shape index (κ2) is 3.32. The number of rotatable bonds is 2. The lowest BCUT2D eigenvalue weighted by atomic mass is 9.79. The third-order valence-corrected chi connectivity index (χ3v) is 3.77. The fourth-order valence-electron chi connectivity index (χ4n) is 2.95. The molecule has 4 heteroatoms. The van der Waals surface area contributed by atoms with Crippen molar-refractivity contribution in [1.82, 2.24) is 9.88 Å². The van der Waals surface area contributed by atoms with Crippen molar-refractivity contribution in [2.24, 2.45) is 0 Å². The van der Waals surface area contributed by atoms with E-state index in [0.29, 0.717) is 5.89 Å². The molecule has 0 aliphatic carbocycles. The molecule has 2 bridgehead atoms. The van der Waals surface area contributed by atoms with E-state index in [1.54, 1.807) is 6.20 Å². The Hall–Kier alpha value is -0.870. The predicted molar refractivity (Wildman–Crippen MR) is 54.4 cm³/mol. The summed E-state index contributed by atoms with van der Waals surface area (Å²) >= 11 is 0. The van der Waals surface area contributed by atoms with Crippen LogP contribution in [0.5, 0.6) is 0 Å². The highest BCUT2D eigenvalue weighted by Gasteiger charge is 2.44. The molecule has 4 nitrogen and oxygen atoms in total. The van der Waals surface area contributed by atoms with Gasteiger partial charge in [0.15, 0.2) is 0 Å². The lowest BCUT2D eigenvalue weighted by Gasteiger charge is -2.31. The molecule has 15 heavy (non-hydrogen) atoms. The van der Waals surface area contributed by atoms with Gasteiger partial charge in [0.1, 0.15) is 12.4 Å². The third kappa shape index (κ3) is 1.40. The fourth-order valence-corrected chi connectivity index (χ4v) is 2.95. The number of aliphatic hydroxyl groups excluding tert-OH is 1. The Bertz CT molecular complexity index is 359. The minimum absolute atomic E-state index is 0.0974. The summed E-state index contributed by atoms with van der Waals surface area (Å²) in [7, 11) is 0. The molecule has 2 aliphatic rings. The predicted octanol–water partition coefficient (Wildman–Crippen LogP) is 0.904. The Balaban J connectivity index is 1.91. The summed E-state index contributed by atoms with van der Waals surface area (Å²) in [5.74, 6) is 1.43. The molecule has 2 fully saturated rings. The first-order chi connectivity index (χ1) is 7.32. The summed E-state index contributed by atoms with van der Waals surface area (Å²) in [5, 5.41) is 8.95. The molecule has 1 aromatic heterocycles. The minimum Gasteiger partial charge on any atom is -0.443 e. The lowest BCUT2D eigenvalue weighted by molar-refractivity contribution is 0.199. The number of hydrogen-bond acceptors (Lipinski definition) is 4. The highest BCUT2D eigenvalue weighted by molar-refractivity contribution is 5.17. The number of oxazole rings is 1. The molecule has 2 atom stereocenters. The molecule has 2 unspecified atom stereocenters. The normalized spacial score (nSPS) is 34.6. The molecule has 3 heterocycles. The Morgan fingerprint density at radius 1 is 1.47 bits per heavy atom. The van der Waals surface area contributed by atoms with Crippen molar-refractivity contribution in [3.8, 4) is 0 Å². The van der Waals surface area contributed by atoms with Crippen molar-refractivity contribution >= 4 is 0 Å². The average Bonchev–Trinajstić information content (AvgIpc) is 2.85. The standard InChI is InChI=1S/C11H16N2O2/c14-7-10-12-6-9(15-10)11-2-1-4-13(8-11)5-3-11/h6,14H,1-5,7-8H2. The van der Waals surface area contributed by atoms with E-state index in [-0.39, 0.29) is 12.0 Å². The van der Waals surface area contributed by atoms with Gasteiger partial charge in [0, 0.05) is 12.0 Å². The first kappa shape index (κ1) is 9.36. The first-order valence-electron chi connectivity index (χ1n) is 5.61. The van der Waals surface area contributed by atoms with E-state index in [4.69, 9.17) is 9.52 Å². The molecule has 0 aromatic carbocycles. The van der Waals surface area contributed by atoms with Gasteiger partial charge in [0.05, 0.1) is 6.20 Å². The van der Waals surface area contributed by atoms with Crippen molar-refractivity contribution in [3.63, 3.8) is 0 Å². The van der Waals surface area contributed by atoms with Gasteiger partial charge in [-0.1, -0.05) is 0 Å². The third-order valence-electron chi connectivity index (χ3n) is 3.77. The Kier molecular flexibility index (Phi) is 2.07. The van der Waals surface area contributed by atoms with E-state index >= 15 is 0 Å². The topological polar surface area (TPSA) is 49.5 Å². The van der Waals surface area contributed by atoms with Crippen LogP contribution in [0.2, 0.25) is 0 Å². The van der Waals surface area contributed by atoms with Crippen molar-refractivity contribution in [2.75, 3.05) is 19.6 Å². The van der Waals surface area contributed by atoms with Gasteiger partial charge < -0.3 is 14.4 Å². The van der Waals surface area contributed by atoms with E-state index in [2.05, 4.69) is 9.88 Å². The van der Waals surface area contributed by atoms with Crippen molar-refractivity contribution in [3.05, 3.63) is 17.8 Å². The van der Waals surface area contributed by atoms with Crippen LogP contribution in [0.15, 0.2) is 10.6 Å². The number of piperidine rings is 1. The lowest BCUT2D eigenvalue weighted by Crippen LogP contribution is -2.36. The summed E-state index contributed by atoms with van der Waals surface area (Å²) in [6.07, 6.45) is 5.42. The van der Waals surface area contributed by atoms with Crippen LogP contribution in [-0.2, 0) is 12.0 Å². The van der Waals surface area contributed by atoms with Crippen LogP contribution >= 0.6 is 0 Å². The van der Waals surface area contributed by atoms with Gasteiger partial charge in [0.25, 0.3) is 0 Å². The Labute approximate surface area is 88.9 Å². The SMILES string of the molecule is OCc1ncc(C23CCCN(CC2)C3)o1. The fraction of sp³-hybridized carbons (Fsp3) is 0.727. The molecule has 1 aromatic rings. The Morgan fingerprint density at radius 2 is 2.40 bits per heavy atom. The van der Waals surface area contributed by atoms with Gasteiger partial charge in [0.2, 0.25) is 5.89 Å². The van der Waals surface area contributed by atoms with E-state index in [1.165, 1.54) is 32.4 Å². The molecule has 3 rings (SSSR count). The zero-order valence-corrected chi connectivity index (χ0v) is 8.78. The molecule has 0 saturated carbocycles. The second-order valence-corrected chi connectivity index (χ2v) is 4.69. The molecular formula is C11H16N2O2. The molecule has 0 radical (unpaired) electrons. The van der Waals surface area contributed by atoms with Gasteiger partial charge in [-0.3, -0.25) is 0 Å². The molecule has 82 valence electrons. The van der Waals surface area contributed by atoms with Gasteiger partial charge in [-0.15, -0.1) is 0 Å². The summed E-state index contributed by atoms with van der Waals surface area (Å²) < 4.78 is 5.61. The zero-order valence-electron chi connectivity index (χ0n) is 8.78. The average molecular weight is 208 g/mol. The largest absolute Gasteiger partial charge is 0.443 e. The highest BCUT2D eigenvalue weighted by Crippen LogP contribution is 2.42. The molecule has 2 aliphatic heterocycles. The Morgan fingerprint density at radius 3 is 3.20 bits per heavy atom. The number of aliphatic hydroxyl groups is 1. The highest BCUT2D eigenvalue weighted by atomic mass is 16.4. The van der Waals surface area contributed by atoms with Crippen molar-refractivity contribution in [2.45, 2.75) is 31.3 Å². The number of fused-ring (bicyclic) bond motifs is 2. The van der Waals surface area contributed by atoms with Crippen LogP contribution in [0.3, 0.4) is 0 Å². The van der Waals surface area contributed by atoms with E-state index in [0.717, 1.165) is 12.3 Å². The number of aromatic nitrogens is 1. The first-order valence-corrected chi connectivity index (χ1v) is 5.61. The van der Waals surface area contributed by atoms with Crippen LogP contribution in [0, 0.1) is 0 Å². The van der Waals surface area contributed by atoms with Crippen LogP contribution < -0.4 is 0 Å². The monoisotopic (exact) mass is 208 g/mol. The minimum atomic E-state index is -0.0974. The summed E-state index contributed by atoms with van der Waals surface area (Å²) in [5.41, 5.74) is 0.193. The molecule has 1 N–H and O–H groups in total. The zero-order chi connectivity index (χ0) is 10.3. The number of nitrogens with zero attached hydrogens (tertiary/aromatic N) is 2. The van der Waals surface area contributed by atoms with Crippen molar-refractivity contribution in [1.29, 1.82) is 0 Å². The number of hydrogen-bond donors (Lipinski definition) is 1. The van der Waals surface area contributed by atoms with Gasteiger partial charge >= 0.3 is 0 Å². The quantitative estimate of drug-likeness (QED) is 0.784. The van der Waals surface area contributed by atoms with E-state index < -0.39 is 0 Å². The molecule has 0 amide bonds. The maximum atomic E-state index is 8.95. The van der Waals surface area contributed by atoms with Crippen LogP contribution in [0.1, 0.15) is 30.9 Å². The summed E-state index contributed by atoms with van der Waals surface area (Å²) in [4.78, 5) is 6.58. The molecular weight excluding hydrogens is 192 g/mol.